The van der Waals surface area contributed by atoms with E-state index in [0.29, 0.717) is 9.98 Å². The molecule has 0 radical (unpaired) electrons. The molecule has 0 unspecified atom stereocenters. The van der Waals surface area contributed by atoms with Gasteiger partial charge in [-0.2, -0.15) is 8.78 Å². The number of hydrogen-bond donors (Lipinski definition) is 1. The molecule has 104 valence electrons. The summed E-state index contributed by atoms with van der Waals surface area (Å²) in [6, 6.07) is 4.05. The second-order valence-electron chi connectivity index (χ2n) is 3.51. The summed E-state index contributed by atoms with van der Waals surface area (Å²) in [7, 11) is 1.39. The van der Waals surface area contributed by atoms with Crippen LogP contribution in [0.1, 0.15) is 5.56 Å². The van der Waals surface area contributed by atoms with Gasteiger partial charge in [-0.1, -0.05) is 0 Å². The van der Waals surface area contributed by atoms with E-state index in [2.05, 4.69) is 5.32 Å². The van der Waals surface area contributed by atoms with Gasteiger partial charge in [-0.05, 0) is 30.7 Å². The van der Waals surface area contributed by atoms with Crippen LogP contribution in [0.3, 0.4) is 0 Å². The zero-order valence-electron chi connectivity index (χ0n) is 10.1. The number of nitrogens with zero attached hydrogens (tertiary/aromatic N) is 1. The molecule has 0 saturated heterocycles. The van der Waals surface area contributed by atoms with Crippen molar-refractivity contribution in [3.8, 4) is 5.75 Å². The molecule has 0 aliphatic carbocycles. The number of amides is 2. The number of hydrogen-bond acceptors (Lipinski definition) is 3. The van der Waals surface area contributed by atoms with Gasteiger partial charge in [-0.3, -0.25) is 4.79 Å². The number of rotatable bonds is 3. The normalized spacial score (nSPS) is 10.2. The second kappa shape index (κ2) is 6.33. The lowest BCUT2D eigenvalue weighted by Crippen LogP contribution is -2.28. The third-order valence-electron chi connectivity index (χ3n) is 2.17. The van der Waals surface area contributed by atoms with Gasteiger partial charge in [0.25, 0.3) is 0 Å². The van der Waals surface area contributed by atoms with Crippen LogP contribution in [0.15, 0.2) is 18.2 Å². The lowest BCUT2D eigenvalue weighted by atomic mass is 10.2. The fraction of sp³-hybridized carbons (Fsp3) is 0.273. The molecule has 0 saturated carbocycles. The Bertz CT molecular complexity index is 497. The number of anilines is 1. The van der Waals surface area contributed by atoms with E-state index in [1.54, 1.807) is 6.92 Å². The molecule has 2 amide bonds. The standard InChI is InChI=1S/C11H11ClF2N2O3/c1-6-5-7(19-11(18)15-2)3-4-8(6)16(12)10(17)9(13)14/h3-5,9H,1-2H3,(H,15,18). The van der Waals surface area contributed by atoms with E-state index in [-0.39, 0.29) is 11.4 Å². The number of alkyl halides is 2. The topological polar surface area (TPSA) is 58.6 Å². The van der Waals surface area contributed by atoms with Gasteiger partial charge in [0.15, 0.2) is 0 Å². The first kappa shape index (κ1) is 15.2. The fourth-order valence-electron chi connectivity index (χ4n) is 1.27. The average Bonchev–Trinajstić information content (AvgIpc) is 2.37. The number of ether oxygens (including phenoxy) is 1. The zero-order chi connectivity index (χ0) is 14.6. The predicted molar refractivity (Wildman–Crippen MR) is 65.6 cm³/mol. The number of aryl methyl sites for hydroxylation is 1. The highest BCUT2D eigenvalue weighted by Gasteiger charge is 2.24. The van der Waals surface area contributed by atoms with Crippen molar-refractivity contribution in [1.29, 1.82) is 0 Å². The van der Waals surface area contributed by atoms with Crippen molar-refractivity contribution in [2.24, 2.45) is 0 Å². The molecule has 0 atom stereocenters. The number of halogens is 3. The molecule has 19 heavy (non-hydrogen) atoms. The summed E-state index contributed by atoms with van der Waals surface area (Å²) in [5, 5.41) is 2.25. The van der Waals surface area contributed by atoms with Crippen molar-refractivity contribution < 1.29 is 23.1 Å². The summed E-state index contributed by atoms with van der Waals surface area (Å²) in [6.45, 7) is 1.54. The van der Waals surface area contributed by atoms with E-state index in [1.165, 1.54) is 25.2 Å². The summed E-state index contributed by atoms with van der Waals surface area (Å²) in [5.74, 6) is -1.32. The molecule has 0 aliphatic heterocycles. The van der Waals surface area contributed by atoms with E-state index in [0.717, 1.165) is 0 Å². The van der Waals surface area contributed by atoms with Gasteiger partial charge in [0.2, 0.25) is 0 Å². The Balaban J connectivity index is 2.94. The molecule has 0 bridgehead atoms. The van der Waals surface area contributed by atoms with E-state index in [9.17, 15) is 18.4 Å². The molecule has 0 aromatic heterocycles. The van der Waals surface area contributed by atoms with Crippen molar-refractivity contribution in [2.45, 2.75) is 13.3 Å². The summed E-state index contributed by atoms with van der Waals surface area (Å²) in [6.07, 6.45) is -3.86. The van der Waals surface area contributed by atoms with Crippen LogP contribution in [0.2, 0.25) is 0 Å². The first-order valence-corrected chi connectivity index (χ1v) is 5.48. The van der Waals surface area contributed by atoms with Crippen molar-refractivity contribution in [1.82, 2.24) is 5.32 Å². The monoisotopic (exact) mass is 292 g/mol. The maximum Gasteiger partial charge on any atom is 0.412 e. The maximum atomic E-state index is 12.2. The Morgan fingerprint density at radius 3 is 2.53 bits per heavy atom. The quantitative estimate of drug-likeness (QED) is 0.871. The van der Waals surface area contributed by atoms with Crippen LogP contribution in [0, 0.1) is 6.92 Å². The Morgan fingerprint density at radius 2 is 2.05 bits per heavy atom. The maximum absolute atomic E-state index is 12.2. The molecule has 1 N–H and O–H groups in total. The molecule has 5 nitrogen and oxygen atoms in total. The van der Waals surface area contributed by atoms with Crippen molar-refractivity contribution in [2.75, 3.05) is 11.5 Å². The Labute approximate surface area is 113 Å². The Kier molecular flexibility index (Phi) is 5.05. The lowest BCUT2D eigenvalue weighted by Gasteiger charge is -2.16. The molecule has 8 heteroatoms. The highest BCUT2D eigenvalue weighted by Crippen LogP contribution is 2.27. The van der Waals surface area contributed by atoms with Gasteiger partial charge in [0.1, 0.15) is 5.75 Å². The molecule has 0 fully saturated rings. The third-order valence-corrected chi connectivity index (χ3v) is 2.52. The highest BCUT2D eigenvalue weighted by molar-refractivity contribution is 6.37. The minimum Gasteiger partial charge on any atom is -0.410 e. The van der Waals surface area contributed by atoms with Gasteiger partial charge >= 0.3 is 18.4 Å². The summed E-state index contributed by atoms with van der Waals surface area (Å²) in [4.78, 5) is 22.0. The summed E-state index contributed by atoms with van der Waals surface area (Å²) >= 11 is 5.53. The van der Waals surface area contributed by atoms with Crippen molar-refractivity contribution >= 4 is 29.5 Å². The first-order valence-electron chi connectivity index (χ1n) is 5.15. The Hall–Kier alpha value is -1.89. The van der Waals surface area contributed by atoms with Gasteiger partial charge in [-0.15, -0.1) is 0 Å². The van der Waals surface area contributed by atoms with Gasteiger partial charge in [0.05, 0.1) is 5.69 Å². The van der Waals surface area contributed by atoms with E-state index < -0.39 is 18.4 Å². The molecule has 0 spiro atoms. The molecular weight excluding hydrogens is 282 g/mol. The number of benzene rings is 1. The molecule has 1 aromatic carbocycles. The van der Waals surface area contributed by atoms with Crippen molar-refractivity contribution in [3.05, 3.63) is 23.8 Å². The van der Waals surface area contributed by atoms with Crippen LogP contribution >= 0.6 is 11.8 Å². The lowest BCUT2D eigenvalue weighted by molar-refractivity contribution is -0.127. The average molecular weight is 293 g/mol. The van der Waals surface area contributed by atoms with Crippen LogP contribution in [-0.2, 0) is 4.79 Å². The van der Waals surface area contributed by atoms with Gasteiger partial charge in [-0.25, -0.2) is 9.21 Å². The number of carbonyl (C=O) groups excluding carboxylic acids is 2. The largest absolute Gasteiger partial charge is 0.412 e. The minimum absolute atomic E-state index is 0.0937. The highest BCUT2D eigenvalue weighted by atomic mass is 35.5. The zero-order valence-corrected chi connectivity index (χ0v) is 10.9. The van der Waals surface area contributed by atoms with E-state index in [1.807, 2.05) is 0 Å². The van der Waals surface area contributed by atoms with Gasteiger partial charge < -0.3 is 10.1 Å². The van der Waals surface area contributed by atoms with Crippen LogP contribution in [-0.4, -0.2) is 25.5 Å². The van der Waals surface area contributed by atoms with Crippen LogP contribution in [0.4, 0.5) is 19.3 Å². The van der Waals surface area contributed by atoms with E-state index >= 15 is 0 Å². The smallest absolute Gasteiger partial charge is 0.410 e. The van der Waals surface area contributed by atoms with Crippen LogP contribution in [0.5, 0.6) is 5.75 Å². The number of nitrogens with one attached hydrogen (secondary N) is 1. The molecule has 0 heterocycles. The second-order valence-corrected chi connectivity index (χ2v) is 3.85. The fourth-order valence-corrected chi connectivity index (χ4v) is 1.54. The minimum atomic E-state index is -3.20. The molecule has 1 aromatic rings. The SMILES string of the molecule is CNC(=O)Oc1ccc(N(Cl)C(=O)C(F)F)c(C)c1. The Morgan fingerprint density at radius 1 is 1.42 bits per heavy atom. The first-order chi connectivity index (χ1) is 8.86. The van der Waals surface area contributed by atoms with E-state index in [4.69, 9.17) is 16.5 Å². The number of carbonyl (C=O) groups is 2. The van der Waals surface area contributed by atoms with Crippen molar-refractivity contribution in [3.63, 3.8) is 0 Å². The molecular formula is C11H11ClF2N2O3. The third kappa shape index (κ3) is 3.78. The van der Waals surface area contributed by atoms with Crippen LogP contribution in [0.25, 0.3) is 0 Å². The molecule has 0 aliphatic rings. The van der Waals surface area contributed by atoms with Gasteiger partial charge in [0, 0.05) is 18.8 Å². The summed E-state index contributed by atoms with van der Waals surface area (Å²) < 4.78 is 29.7. The van der Waals surface area contributed by atoms with Crippen LogP contribution < -0.4 is 14.5 Å². The summed E-state index contributed by atoms with van der Waals surface area (Å²) in [5.41, 5.74) is 0.502. The predicted octanol–water partition coefficient (Wildman–Crippen LogP) is 2.47. The molecule has 1 rings (SSSR count).